The van der Waals surface area contributed by atoms with Crippen molar-refractivity contribution in [2.24, 2.45) is 0 Å². The van der Waals surface area contributed by atoms with E-state index in [0.29, 0.717) is 30.4 Å². The topological polar surface area (TPSA) is 116 Å². The molecule has 0 aromatic heterocycles. The molecule has 182 valence electrons. The van der Waals surface area contributed by atoms with Crippen LogP contribution in [0.4, 0.5) is 0 Å². The first-order chi connectivity index (χ1) is 16.0. The fraction of sp³-hybridized carbons (Fsp3) is 0.370. The van der Waals surface area contributed by atoms with Crippen molar-refractivity contribution in [3.05, 3.63) is 64.8 Å². The molecule has 0 saturated heterocycles. The number of benzene rings is 2. The molecule has 3 rings (SSSR count). The van der Waals surface area contributed by atoms with Gasteiger partial charge in [-0.25, -0.2) is 0 Å². The summed E-state index contributed by atoms with van der Waals surface area (Å²) < 4.78 is 11.1. The van der Waals surface area contributed by atoms with Crippen molar-refractivity contribution >= 4 is 5.78 Å². The third-order valence-electron chi connectivity index (χ3n) is 5.69. The van der Waals surface area contributed by atoms with E-state index >= 15 is 0 Å². The molecule has 0 bridgehead atoms. The van der Waals surface area contributed by atoms with Crippen LogP contribution in [0.1, 0.15) is 67.6 Å². The summed E-state index contributed by atoms with van der Waals surface area (Å²) in [5, 5.41) is 40.9. The Morgan fingerprint density at radius 3 is 2.62 bits per heavy atom. The normalized spacial score (nSPS) is 16.4. The molecule has 0 radical (unpaired) electrons. The molecule has 0 spiro atoms. The lowest BCUT2D eigenvalue weighted by atomic mass is 9.92. The van der Waals surface area contributed by atoms with Gasteiger partial charge < -0.3 is 29.9 Å². The lowest BCUT2D eigenvalue weighted by Gasteiger charge is -2.27. The number of rotatable bonds is 8. The van der Waals surface area contributed by atoms with E-state index in [0.717, 1.165) is 5.57 Å². The first-order valence-corrected chi connectivity index (χ1v) is 11.2. The molecule has 1 aliphatic heterocycles. The molecule has 2 aromatic rings. The van der Waals surface area contributed by atoms with E-state index < -0.39 is 11.7 Å². The predicted molar refractivity (Wildman–Crippen MR) is 129 cm³/mol. The lowest BCUT2D eigenvalue weighted by molar-refractivity contribution is 0.0844. The number of fused-ring (bicyclic) bond motifs is 1. The van der Waals surface area contributed by atoms with Gasteiger partial charge in [-0.1, -0.05) is 29.9 Å². The molecule has 2 aromatic carbocycles. The summed E-state index contributed by atoms with van der Waals surface area (Å²) in [5.41, 5.74) is 1.24. The Labute approximate surface area is 199 Å². The van der Waals surface area contributed by atoms with Crippen LogP contribution < -0.4 is 9.47 Å². The number of carbonyl (C=O) groups excluding carboxylic acids is 1. The molecule has 0 aliphatic carbocycles. The monoisotopic (exact) mass is 468 g/mol. The highest BCUT2D eigenvalue weighted by Gasteiger charge is 2.33. The lowest BCUT2D eigenvalue weighted by Crippen LogP contribution is -2.21. The molecule has 4 N–H and O–H groups in total. The summed E-state index contributed by atoms with van der Waals surface area (Å²) in [6.45, 7) is 5.38. The maximum Gasteiger partial charge on any atom is 0.174 e. The molecule has 0 unspecified atom stereocenters. The number of allylic oxidation sites excluding steroid dienone is 3. The van der Waals surface area contributed by atoms with Gasteiger partial charge in [-0.2, -0.15) is 0 Å². The number of aliphatic hydroxyl groups is 1. The van der Waals surface area contributed by atoms with Gasteiger partial charge in [0.2, 0.25) is 0 Å². The van der Waals surface area contributed by atoms with Crippen molar-refractivity contribution in [2.45, 2.75) is 58.2 Å². The number of carbonyl (C=O) groups is 1. The molecule has 34 heavy (non-hydrogen) atoms. The second-order valence-electron chi connectivity index (χ2n) is 9.11. The number of methoxy groups -OCH3 is 1. The number of phenols is 3. The highest BCUT2D eigenvalue weighted by molar-refractivity contribution is 6.03. The summed E-state index contributed by atoms with van der Waals surface area (Å²) in [6.07, 6.45) is 6.60. The Balaban J connectivity index is 1.76. The molecular formula is C27H32O7. The molecule has 0 fully saturated rings. The third kappa shape index (κ3) is 5.91. The van der Waals surface area contributed by atoms with Crippen molar-refractivity contribution in [2.75, 3.05) is 7.11 Å². The molecule has 7 heteroatoms. The van der Waals surface area contributed by atoms with E-state index in [9.17, 15) is 25.2 Å². The molecule has 0 amide bonds. The summed E-state index contributed by atoms with van der Waals surface area (Å²) in [5.74, 6) is -0.322. The van der Waals surface area contributed by atoms with Crippen LogP contribution in [0.15, 0.2) is 48.1 Å². The predicted octanol–water partition coefficient (Wildman–Crippen LogP) is 5.11. The standard InChI is InChI=1S/C27H32O7/c1-16(8-6-12-27(2,3)32)7-5-9-18-20(29)14-24-25(26(18)31)21(30)15-22(34-24)17-10-11-19(28)23(13-17)33-4/h6-7,10-14,22,28-29,31-32H,5,8-9,15H2,1-4H3/b12-6+,16-7+/t22-/m0/s1. The summed E-state index contributed by atoms with van der Waals surface area (Å²) in [6, 6.07) is 6.07. The van der Waals surface area contributed by atoms with Crippen molar-refractivity contribution in [3.8, 4) is 28.7 Å². The van der Waals surface area contributed by atoms with Crippen molar-refractivity contribution in [3.63, 3.8) is 0 Å². The van der Waals surface area contributed by atoms with Gasteiger partial charge in [-0.3, -0.25) is 4.79 Å². The van der Waals surface area contributed by atoms with Crippen molar-refractivity contribution < 1.29 is 34.7 Å². The second-order valence-corrected chi connectivity index (χ2v) is 9.11. The molecule has 0 saturated carbocycles. The van der Waals surface area contributed by atoms with Gasteiger partial charge >= 0.3 is 0 Å². The fourth-order valence-corrected chi connectivity index (χ4v) is 3.91. The Morgan fingerprint density at radius 1 is 1.21 bits per heavy atom. The van der Waals surface area contributed by atoms with Crippen LogP contribution in [-0.2, 0) is 6.42 Å². The maximum absolute atomic E-state index is 12.9. The van der Waals surface area contributed by atoms with Crippen LogP contribution in [0.5, 0.6) is 28.7 Å². The SMILES string of the molecule is COc1cc([C@@H]2CC(=O)c3c(cc(O)c(CC/C=C(\C)C/C=C/C(C)(C)O)c3O)O2)ccc1O. The van der Waals surface area contributed by atoms with Gasteiger partial charge in [0.15, 0.2) is 17.3 Å². The molecular weight excluding hydrogens is 436 g/mol. The van der Waals surface area contributed by atoms with E-state index in [1.165, 1.54) is 19.2 Å². The van der Waals surface area contributed by atoms with Crippen LogP contribution in [0, 0.1) is 0 Å². The molecule has 7 nitrogen and oxygen atoms in total. The number of hydrogen-bond donors (Lipinski definition) is 4. The Bertz CT molecular complexity index is 1120. The fourth-order valence-electron chi connectivity index (χ4n) is 3.91. The number of phenolic OH excluding ortho intramolecular Hbond substituents is 3. The van der Waals surface area contributed by atoms with Crippen LogP contribution in [0.2, 0.25) is 0 Å². The van der Waals surface area contributed by atoms with E-state index in [1.54, 1.807) is 32.1 Å². The van der Waals surface area contributed by atoms with Crippen molar-refractivity contribution in [1.29, 1.82) is 0 Å². The zero-order chi connectivity index (χ0) is 25.0. The molecule has 1 aliphatic rings. The number of aromatic hydroxyl groups is 3. The first kappa shape index (κ1) is 25.2. The maximum atomic E-state index is 12.9. The van der Waals surface area contributed by atoms with Crippen LogP contribution >= 0.6 is 0 Å². The summed E-state index contributed by atoms with van der Waals surface area (Å²) in [7, 11) is 1.43. The van der Waals surface area contributed by atoms with Crippen LogP contribution in [0.3, 0.4) is 0 Å². The van der Waals surface area contributed by atoms with Crippen molar-refractivity contribution in [1.82, 2.24) is 0 Å². The van der Waals surface area contributed by atoms with Gasteiger partial charge in [0.05, 0.1) is 19.1 Å². The average molecular weight is 469 g/mol. The first-order valence-electron chi connectivity index (χ1n) is 11.2. The Morgan fingerprint density at radius 2 is 1.94 bits per heavy atom. The quantitative estimate of drug-likeness (QED) is 0.398. The number of hydrogen-bond acceptors (Lipinski definition) is 7. The van der Waals surface area contributed by atoms with Gasteiger partial charge in [0.25, 0.3) is 0 Å². The van der Waals surface area contributed by atoms with E-state index in [1.807, 2.05) is 19.1 Å². The minimum atomic E-state index is -0.858. The number of ketones is 1. The van der Waals surface area contributed by atoms with Gasteiger partial charge in [-0.05, 0) is 57.7 Å². The van der Waals surface area contributed by atoms with Gasteiger partial charge in [0.1, 0.15) is 28.9 Å². The molecule has 1 atom stereocenters. The van der Waals surface area contributed by atoms with Crippen LogP contribution in [-0.4, -0.2) is 38.9 Å². The van der Waals surface area contributed by atoms with E-state index in [-0.39, 0.29) is 46.5 Å². The van der Waals surface area contributed by atoms with Gasteiger partial charge in [0, 0.05) is 11.6 Å². The zero-order valence-electron chi connectivity index (χ0n) is 20.0. The highest BCUT2D eigenvalue weighted by Crippen LogP contribution is 2.45. The van der Waals surface area contributed by atoms with Gasteiger partial charge in [-0.15, -0.1) is 0 Å². The largest absolute Gasteiger partial charge is 0.507 e. The minimum Gasteiger partial charge on any atom is -0.507 e. The zero-order valence-corrected chi connectivity index (χ0v) is 20.0. The third-order valence-corrected chi connectivity index (χ3v) is 5.69. The van der Waals surface area contributed by atoms with Crippen LogP contribution in [0.25, 0.3) is 0 Å². The minimum absolute atomic E-state index is 0.00521. The average Bonchev–Trinajstić information content (AvgIpc) is 2.74. The number of ether oxygens (including phenoxy) is 2. The van der Waals surface area contributed by atoms with E-state index in [2.05, 4.69) is 0 Å². The van der Waals surface area contributed by atoms with E-state index in [4.69, 9.17) is 9.47 Å². The second kappa shape index (κ2) is 10.2. The molecule has 1 heterocycles. The highest BCUT2D eigenvalue weighted by atomic mass is 16.5. The number of Topliss-reactive ketones (excluding diaryl/α,β-unsaturated/α-hetero) is 1. The Kier molecular flexibility index (Phi) is 7.57. The summed E-state index contributed by atoms with van der Waals surface area (Å²) in [4.78, 5) is 12.9. The smallest absolute Gasteiger partial charge is 0.174 e. The Hall–Kier alpha value is -3.45. The summed E-state index contributed by atoms with van der Waals surface area (Å²) >= 11 is 0.